The third kappa shape index (κ3) is 5.20. The van der Waals surface area contributed by atoms with Crippen molar-refractivity contribution < 1.29 is 4.57 Å². The molecule has 1 aromatic rings. The van der Waals surface area contributed by atoms with Crippen LogP contribution in [-0.4, -0.2) is 22.8 Å². The number of rotatable bonds is 4. The summed E-state index contributed by atoms with van der Waals surface area (Å²) < 4.78 is 2.47. The third-order valence-electron chi connectivity index (χ3n) is 6.06. The number of aliphatic imine (C=N–C) groups is 1. The second-order valence-electron chi connectivity index (χ2n) is 9.12. The molecule has 0 saturated heterocycles. The normalized spacial score (nSPS) is 23.9. The Morgan fingerprint density at radius 2 is 1.89 bits per heavy atom. The molecule has 0 bridgehead atoms. The van der Waals surface area contributed by atoms with Gasteiger partial charge in [-0.1, -0.05) is 61.6 Å². The number of nitrogens with zero attached hydrogens (tertiary/aromatic N) is 2. The molecule has 0 unspecified atom stereocenters. The summed E-state index contributed by atoms with van der Waals surface area (Å²) in [5.74, 6) is 1.01. The first-order valence-electron chi connectivity index (χ1n) is 10.8. The minimum Gasteiger partial charge on any atom is -0.362 e. The molecule has 0 aromatic carbocycles. The molecule has 6 heteroatoms. The van der Waals surface area contributed by atoms with Crippen molar-refractivity contribution in [2.24, 2.45) is 4.99 Å². The van der Waals surface area contributed by atoms with E-state index < -0.39 is 0 Å². The van der Waals surface area contributed by atoms with Crippen molar-refractivity contribution in [3.63, 3.8) is 0 Å². The Morgan fingerprint density at radius 1 is 1.19 bits per heavy atom. The predicted molar refractivity (Wildman–Crippen MR) is 118 cm³/mol. The fourth-order valence-electron chi connectivity index (χ4n) is 4.54. The van der Waals surface area contributed by atoms with Crippen LogP contribution in [0.4, 0.5) is 5.13 Å². The maximum Gasteiger partial charge on any atom is 0.334 e. The van der Waals surface area contributed by atoms with Crippen LogP contribution in [0.5, 0.6) is 0 Å². The first kappa shape index (κ1) is 19.6. The van der Waals surface area contributed by atoms with Crippen LogP contribution in [0, 0.1) is 0 Å². The highest BCUT2D eigenvalue weighted by Crippen LogP contribution is 2.28. The van der Waals surface area contributed by atoms with Crippen LogP contribution in [-0.2, 0) is 12.3 Å². The van der Waals surface area contributed by atoms with Crippen molar-refractivity contribution in [1.82, 2.24) is 5.32 Å². The molecule has 2 aliphatic carbocycles. The molecule has 0 radical (unpaired) electrons. The largest absolute Gasteiger partial charge is 0.362 e. The Morgan fingerprint density at radius 3 is 2.63 bits per heavy atom. The number of fused-ring (bicyclic) bond motifs is 1. The van der Waals surface area contributed by atoms with E-state index in [1.807, 2.05) is 23.1 Å². The zero-order chi connectivity index (χ0) is 18.7. The summed E-state index contributed by atoms with van der Waals surface area (Å²) in [6.45, 7) is 5.63. The fourth-order valence-corrected chi connectivity index (χ4v) is 6.75. The second-order valence-corrected chi connectivity index (χ2v) is 10.9. The monoisotopic (exact) mass is 407 g/mol. The highest BCUT2D eigenvalue weighted by molar-refractivity contribution is 8.13. The summed E-state index contributed by atoms with van der Waals surface area (Å²) in [6, 6.07) is 1.17. The molecule has 2 N–H and O–H groups in total. The molecule has 3 aliphatic rings. The maximum absolute atomic E-state index is 5.20. The van der Waals surface area contributed by atoms with Gasteiger partial charge >= 0.3 is 5.13 Å². The van der Waals surface area contributed by atoms with Crippen molar-refractivity contribution in [1.29, 1.82) is 0 Å². The van der Waals surface area contributed by atoms with Gasteiger partial charge in [0, 0.05) is 11.4 Å². The van der Waals surface area contributed by atoms with Gasteiger partial charge in [-0.2, -0.15) is 0 Å². The lowest BCUT2D eigenvalue weighted by Crippen LogP contribution is -2.40. The van der Waals surface area contributed by atoms with E-state index in [0.717, 1.165) is 12.3 Å². The molecule has 0 atom stereocenters. The van der Waals surface area contributed by atoms with Gasteiger partial charge in [0.15, 0.2) is 5.17 Å². The van der Waals surface area contributed by atoms with E-state index in [4.69, 9.17) is 4.99 Å². The molecule has 0 amide bonds. The molecule has 1 aromatic heterocycles. The quantitative estimate of drug-likeness (QED) is 0.415. The Bertz CT molecular complexity index is 655. The van der Waals surface area contributed by atoms with Crippen LogP contribution in [0.2, 0.25) is 0 Å². The zero-order valence-corrected chi connectivity index (χ0v) is 18.6. The molecule has 150 valence electrons. The van der Waals surface area contributed by atoms with Gasteiger partial charge in [-0.25, -0.2) is 4.57 Å². The lowest BCUT2D eigenvalue weighted by atomic mass is 9.95. The summed E-state index contributed by atoms with van der Waals surface area (Å²) in [5.41, 5.74) is 1.60. The molecule has 2 saturated carbocycles. The highest BCUT2D eigenvalue weighted by Gasteiger charge is 2.38. The van der Waals surface area contributed by atoms with Gasteiger partial charge in [0.2, 0.25) is 0 Å². The number of thioether (sulfide) groups is 1. The summed E-state index contributed by atoms with van der Waals surface area (Å²) in [5, 5.41) is 12.3. The molecule has 0 spiro atoms. The molecule has 2 fully saturated rings. The molecule has 4 nitrogen and oxygen atoms in total. The van der Waals surface area contributed by atoms with Crippen molar-refractivity contribution in [3.8, 4) is 0 Å². The first-order chi connectivity index (χ1) is 13.1. The summed E-state index contributed by atoms with van der Waals surface area (Å²) in [4.78, 5) is 5.20. The van der Waals surface area contributed by atoms with Crippen LogP contribution in [0.15, 0.2) is 10.4 Å². The van der Waals surface area contributed by atoms with E-state index in [9.17, 15) is 0 Å². The molecule has 27 heavy (non-hydrogen) atoms. The van der Waals surface area contributed by atoms with Gasteiger partial charge in [0.05, 0.1) is 11.8 Å². The van der Waals surface area contributed by atoms with Crippen molar-refractivity contribution in [3.05, 3.63) is 11.1 Å². The first-order valence-corrected chi connectivity index (χ1v) is 12.7. The zero-order valence-electron chi connectivity index (χ0n) is 16.9. The topological polar surface area (TPSA) is 40.3 Å². The molecular weight excluding hydrogens is 372 g/mol. The van der Waals surface area contributed by atoms with Crippen LogP contribution in [0.25, 0.3) is 0 Å². The van der Waals surface area contributed by atoms with Gasteiger partial charge in [-0.3, -0.25) is 10.3 Å². The highest BCUT2D eigenvalue weighted by atomic mass is 32.2. The SMILES string of the molecule is CC1(C)C[n+]2c(CS/C(=N\C3CCCCC3)NC3CCCCC3)csc2N1. The molecule has 2 heterocycles. The average Bonchev–Trinajstić information content (AvgIpc) is 3.16. The van der Waals surface area contributed by atoms with Gasteiger partial charge in [-0.15, -0.1) is 0 Å². The van der Waals surface area contributed by atoms with Crippen LogP contribution in [0.1, 0.15) is 83.7 Å². The predicted octanol–water partition coefficient (Wildman–Crippen LogP) is 5.08. The summed E-state index contributed by atoms with van der Waals surface area (Å²) in [6.07, 6.45) is 13.4. The lowest BCUT2D eigenvalue weighted by Gasteiger charge is -2.26. The summed E-state index contributed by atoms with van der Waals surface area (Å²) >= 11 is 3.77. The lowest BCUT2D eigenvalue weighted by molar-refractivity contribution is -0.679. The minimum atomic E-state index is 0.172. The second kappa shape index (κ2) is 8.73. The van der Waals surface area contributed by atoms with E-state index >= 15 is 0 Å². The minimum absolute atomic E-state index is 0.172. The van der Waals surface area contributed by atoms with Gasteiger partial charge in [0.25, 0.3) is 0 Å². The van der Waals surface area contributed by atoms with E-state index in [1.165, 1.54) is 80.2 Å². The van der Waals surface area contributed by atoms with Crippen LogP contribution in [0.3, 0.4) is 0 Å². The Kier molecular flexibility index (Phi) is 6.32. The van der Waals surface area contributed by atoms with Gasteiger partial charge in [0.1, 0.15) is 17.8 Å². The van der Waals surface area contributed by atoms with Crippen molar-refractivity contribution in [2.75, 3.05) is 5.32 Å². The number of amidine groups is 1. The smallest absolute Gasteiger partial charge is 0.334 e. The number of thiazole rings is 1. The molecule has 4 rings (SSSR count). The number of anilines is 1. The standard InChI is InChI=1S/C21H34N4S2/c1-21(2)15-25-18(14-27-20(25)24-21)13-26-19(22-16-9-5-3-6-10-16)23-17-11-7-4-8-12-17/h14,16-17H,3-13,15H2,1-2H3,(H,22,23)/p+1. The van der Waals surface area contributed by atoms with E-state index in [2.05, 4.69) is 34.4 Å². The van der Waals surface area contributed by atoms with Crippen LogP contribution < -0.4 is 15.2 Å². The molecular formula is C21H35N4S2+. The number of hydrogen-bond donors (Lipinski definition) is 2. The fraction of sp³-hybridized carbons (Fsp3) is 0.810. The van der Waals surface area contributed by atoms with Gasteiger partial charge in [-0.05, 0) is 39.5 Å². The molecule has 1 aliphatic heterocycles. The van der Waals surface area contributed by atoms with E-state index in [1.54, 1.807) is 0 Å². The average molecular weight is 408 g/mol. The summed E-state index contributed by atoms with van der Waals surface area (Å²) in [7, 11) is 0. The van der Waals surface area contributed by atoms with Crippen molar-refractivity contribution in [2.45, 2.75) is 108 Å². The van der Waals surface area contributed by atoms with Crippen molar-refractivity contribution >= 4 is 33.4 Å². The maximum atomic E-state index is 5.20. The number of aromatic nitrogens is 1. The van der Waals surface area contributed by atoms with E-state index in [0.29, 0.717) is 12.1 Å². The Balaban J connectivity index is 1.42. The Labute approximate surface area is 172 Å². The van der Waals surface area contributed by atoms with Crippen LogP contribution >= 0.6 is 23.1 Å². The Hall–Kier alpha value is -0.750. The third-order valence-corrected chi connectivity index (χ3v) is 7.93. The number of nitrogens with one attached hydrogen (secondary N) is 2. The number of hydrogen-bond acceptors (Lipinski definition) is 4. The van der Waals surface area contributed by atoms with Gasteiger partial charge < -0.3 is 5.32 Å². The van der Waals surface area contributed by atoms with E-state index in [-0.39, 0.29) is 5.54 Å².